The average molecular weight is 249 g/mol. The first-order valence-electron chi connectivity index (χ1n) is 4.47. The average Bonchev–Trinajstić information content (AvgIpc) is 2.15. The molecular weight excluding hydrogens is 236 g/mol. The summed E-state index contributed by atoms with van der Waals surface area (Å²) in [6.07, 6.45) is 1.13. The fourth-order valence-corrected chi connectivity index (χ4v) is 2.86. The molecule has 0 spiro atoms. The topological polar surface area (TPSA) is 54.4 Å². The molecule has 1 N–H and O–H groups in total. The zero-order valence-corrected chi connectivity index (χ0v) is 10.1. The van der Waals surface area contributed by atoms with Crippen molar-refractivity contribution in [3.05, 3.63) is 28.8 Å². The van der Waals surface area contributed by atoms with Gasteiger partial charge in [-0.15, -0.1) is 0 Å². The molecule has 0 aliphatic rings. The Morgan fingerprint density at radius 1 is 1.47 bits per heavy atom. The van der Waals surface area contributed by atoms with Gasteiger partial charge in [0.1, 0.15) is 0 Å². The first kappa shape index (κ1) is 12.5. The first-order valence-corrected chi connectivity index (χ1v) is 6.74. The van der Waals surface area contributed by atoms with Crippen molar-refractivity contribution in [2.24, 2.45) is 0 Å². The number of hydrogen-bond acceptors (Lipinski definition) is 3. The maximum Gasteiger partial charge on any atom is 0.175 e. The molecule has 0 amide bonds. The van der Waals surface area contributed by atoms with E-state index in [1.54, 1.807) is 19.1 Å². The SMILES string of the molecule is CC(CO)c1c(Cl)cccc1S(C)(=O)=O. The Morgan fingerprint density at radius 2 is 2.07 bits per heavy atom. The van der Waals surface area contributed by atoms with Crippen molar-refractivity contribution in [3.63, 3.8) is 0 Å². The lowest BCUT2D eigenvalue weighted by Crippen LogP contribution is -2.08. The molecule has 5 heteroatoms. The quantitative estimate of drug-likeness (QED) is 0.888. The Balaban J connectivity index is 3.47. The predicted molar refractivity (Wildman–Crippen MR) is 60.1 cm³/mol. The highest BCUT2D eigenvalue weighted by molar-refractivity contribution is 7.90. The minimum Gasteiger partial charge on any atom is -0.396 e. The number of aliphatic hydroxyl groups is 1. The van der Waals surface area contributed by atoms with Crippen LogP contribution in [-0.4, -0.2) is 26.4 Å². The van der Waals surface area contributed by atoms with Gasteiger partial charge in [0, 0.05) is 23.8 Å². The maximum absolute atomic E-state index is 11.5. The first-order chi connectivity index (χ1) is 6.88. The van der Waals surface area contributed by atoms with Crippen molar-refractivity contribution in [2.75, 3.05) is 12.9 Å². The molecule has 15 heavy (non-hydrogen) atoms. The van der Waals surface area contributed by atoms with Crippen LogP contribution in [0.25, 0.3) is 0 Å². The van der Waals surface area contributed by atoms with Crippen LogP contribution >= 0.6 is 11.6 Å². The molecule has 1 aromatic rings. The molecule has 0 heterocycles. The van der Waals surface area contributed by atoms with Gasteiger partial charge in [0.25, 0.3) is 0 Å². The van der Waals surface area contributed by atoms with E-state index in [4.69, 9.17) is 16.7 Å². The molecule has 1 atom stereocenters. The van der Waals surface area contributed by atoms with Crippen LogP contribution in [0.2, 0.25) is 5.02 Å². The largest absolute Gasteiger partial charge is 0.396 e. The zero-order valence-electron chi connectivity index (χ0n) is 8.57. The molecule has 1 rings (SSSR count). The third-order valence-electron chi connectivity index (χ3n) is 2.18. The van der Waals surface area contributed by atoms with Gasteiger partial charge < -0.3 is 5.11 Å². The maximum atomic E-state index is 11.5. The highest BCUT2D eigenvalue weighted by Crippen LogP contribution is 2.30. The summed E-state index contributed by atoms with van der Waals surface area (Å²) in [5.41, 5.74) is 0.490. The van der Waals surface area contributed by atoms with Crippen molar-refractivity contribution in [3.8, 4) is 0 Å². The standard InChI is InChI=1S/C10H13ClO3S/c1-7(6-12)10-8(11)4-3-5-9(10)15(2,13)14/h3-5,7,12H,6H2,1-2H3. The second-order valence-electron chi connectivity index (χ2n) is 3.51. The number of aliphatic hydroxyl groups excluding tert-OH is 1. The third kappa shape index (κ3) is 2.71. The third-order valence-corrected chi connectivity index (χ3v) is 3.66. The van der Waals surface area contributed by atoms with Gasteiger partial charge in [-0.1, -0.05) is 24.6 Å². The van der Waals surface area contributed by atoms with Gasteiger partial charge in [0.05, 0.1) is 4.90 Å². The molecule has 1 aromatic carbocycles. The Kier molecular flexibility index (Phi) is 3.76. The van der Waals surface area contributed by atoms with Crippen LogP contribution in [-0.2, 0) is 9.84 Å². The van der Waals surface area contributed by atoms with Gasteiger partial charge in [0.15, 0.2) is 9.84 Å². The van der Waals surface area contributed by atoms with E-state index in [0.29, 0.717) is 10.6 Å². The number of benzene rings is 1. The summed E-state index contributed by atoms with van der Waals surface area (Å²) < 4.78 is 23.0. The second kappa shape index (κ2) is 4.51. The van der Waals surface area contributed by atoms with Crippen LogP contribution < -0.4 is 0 Å². The lowest BCUT2D eigenvalue weighted by Gasteiger charge is -2.14. The predicted octanol–water partition coefficient (Wildman–Crippen LogP) is 1.84. The Morgan fingerprint density at radius 3 is 2.53 bits per heavy atom. The van der Waals surface area contributed by atoms with Crippen LogP contribution in [0, 0.1) is 0 Å². The highest BCUT2D eigenvalue weighted by Gasteiger charge is 2.19. The monoisotopic (exact) mass is 248 g/mol. The normalized spacial score (nSPS) is 13.9. The van der Waals surface area contributed by atoms with Gasteiger partial charge >= 0.3 is 0 Å². The smallest absolute Gasteiger partial charge is 0.175 e. The van der Waals surface area contributed by atoms with E-state index in [2.05, 4.69) is 0 Å². The fourth-order valence-electron chi connectivity index (χ4n) is 1.41. The Bertz CT molecular complexity index is 454. The minimum absolute atomic E-state index is 0.133. The molecule has 0 bridgehead atoms. The molecular formula is C10H13ClO3S. The Labute approximate surface area is 94.6 Å². The molecule has 0 saturated heterocycles. The zero-order chi connectivity index (χ0) is 11.6. The minimum atomic E-state index is -3.31. The summed E-state index contributed by atoms with van der Waals surface area (Å²) >= 11 is 5.93. The van der Waals surface area contributed by atoms with Gasteiger partial charge in [-0.3, -0.25) is 0 Å². The molecule has 0 radical (unpaired) electrons. The van der Waals surface area contributed by atoms with Gasteiger partial charge in [0.2, 0.25) is 0 Å². The van der Waals surface area contributed by atoms with E-state index < -0.39 is 9.84 Å². The molecule has 0 aromatic heterocycles. The van der Waals surface area contributed by atoms with Crippen molar-refractivity contribution in [1.29, 1.82) is 0 Å². The molecule has 0 saturated carbocycles. The highest BCUT2D eigenvalue weighted by atomic mass is 35.5. The van der Waals surface area contributed by atoms with Crippen molar-refractivity contribution in [1.82, 2.24) is 0 Å². The van der Waals surface area contributed by atoms with E-state index in [9.17, 15) is 8.42 Å². The van der Waals surface area contributed by atoms with Crippen molar-refractivity contribution >= 4 is 21.4 Å². The van der Waals surface area contributed by atoms with Crippen LogP contribution in [0.4, 0.5) is 0 Å². The molecule has 84 valence electrons. The van der Waals surface area contributed by atoms with E-state index in [0.717, 1.165) is 6.26 Å². The van der Waals surface area contributed by atoms with E-state index in [1.165, 1.54) is 6.07 Å². The second-order valence-corrected chi connectivity index (χ2v) is 5.90. The van der Waals surface area contributed by atoms with Gasteiger partial charge in [-0.2, -0.15) is 0 Å². The molecule has 0 aliphatic heterocycles. The summed E-state index contributed by atoms with van der Waals surface area (Å²) in [4.78, 5) is 0.191. The van der Waals surface area contributed by atoms with Crippen molar-refractivity contribution < 1.29 is 13.5 Å². The number of halogens is 1. The molecule has 1 unspecified atom stereocenters. The molecule has 3 nitrogen and oxygen atoms in total. The lowest BCUT2D eigenvalue weighted by molar-refractivity contribution is 0.272. The van der Waals surface area contributed by atoms with E-state index in [-0.39, 0.29) is 17.4 Å². The van der Waals surface area contributed by atoms with Gasteiger partial charge in [-0.25, -0.2) is 8.42 Å². The van der Waals surface area contributed by atoms with Crippen molar-refractivity contribution in [2.45, 2.75) is 17.7 Å². The number of sulfone groups is 1. The number of hydrogen-bond donors (Lipinski definition) is 1. The molecule has 0 fully saturated rings. The van der Waals surface area contributed by atoms with E-state index >= 15 is 0 Å². The van der Waals surface area contributed by atoms with Crippen LogP contribution in [0.15, 0.2) is 23.1 Å². The number of rotatable bonds is 3. The van der Waals surface area contributed by atoms with E-state index in [1.807, 2.05) is 0 Å². The summed E-state index contributed by atoms with van der Waals surface area (Å²) in [5, 5.41) is 9.42. The van der Waals surface area contributed by atoms with Gasteiger partial charge in [-0.05, 0) is 17.7 Å². The summed E-state index contributed by atoms with van der Waals surface area (Å²) in [5.74, 6) is -0.288. The fraction of sp³-hybridized carbons (Fsp3) is 0.400. The van der Waals surface area contributed by atoms with Crippen LogP contribution in [0.3, 0.4) is 0 Å². The summed E-state index contributed by atoms with van der Waals surface area (Å²) in [7, 11) is -3.31. The summed E-state index contributed by atoms with van der Waals surface area (Å²) in [6.45, 7) is 1.60. The molecule has 0 aliphatic carbocycles. The Hall–Kier alpha value is -0.580. The lowest BCUT2D eigenvalue weighted by atomic mass is 10.0. The van der Waals surface area contributed by atoms with Crippen LogP contribution in [0.5, 0.6) is 0 Å². The van der Waals surface area contributed by atoms with Crippen LogP contribution in [0.1, 0.15) is 18.4 Å². The summed E-state index contributed by atoms with van der Waals surface area (Å²) in [6, 6.07) is 4.72.